The average Bonchev–Trinajstić information content (AvgIpc) is 3.47. The minimum atomic E-state index is -0.749. The smallest absolute Gasteiger partial charge is 0.336 e. The van der Waals surface area contributed by atoms with Crippen molar-refractivity contribution in [2.24, 2.45) is 10.9 Å². The number of thiazole rings is 1. The van der Waals surface area contributed by atoms with Crippen LogP contribution in [0.15, 0.2) is 101 Å². The number of para-hydroxylation sites is 1. The van der Waals surface area contributed by atoms with Crippen LogP contribution in [0.25, 0.3) is 21.8 Å². The summed E-state index contributed by atoms with van der Waals surface area (Å²) < 4.78 is 16.1. The number of rotatable bonds is 7. The Morgan fingerprint density at radius 1 is 0.825 bits per heavy atom. The predicted octanol–water partition coefficient (Wildman–Crippen LogP) is 7.06. The first kappa shape index (κ1) is 27.0. The molecule has 0 saturated carbocycles. The molecule has 0 radical (unpaired) electrons. The number of hydrogen-bond acceptors (Lipinski definition) is 8. The third-order valence-corrected chi connectivity index (χ3v) is 7.71. The van der Waals surface area contributed by atoms with Crippen LogP contribution in [0.3, 0.4) is 0 Å². The summed E-state index contributed by atoms with van der Waals surface area (Å²) in [5, 5.41) is 2.82. The average molecular weight is 553 g/mol. The molecule has 2 heterocycles. The van der Waals surface area contributed by atoms with E-state index in [4.69, 9.17) is 19.2 Å². The first-order chi connectivity index (χ1) is 19.4. The van der Waals surface area contributed by atoms with Crippen molar-refractivity contribution in [3.05, 3.63) is 101 Å². The number of hydrogen-bond donors (Lipinski definition) is 0. The molecule has 40 heavy (non-hydrogen) atoms. The van der Waals surface area contributed by atoms with Gasteiger partial charge >= 0.3 is 11.9 Å². The second-order valence-electron chi connectivity index (χ2n) is 9.33. The summed E-state index contributed by atoms with van der Waals surface area (Å²) in [6.45, 7) is 3.53. The van der Waals surface area contributed by atoms with Gasteiger partial charge in [0.15, 0.2) is 0 Å². The van der Waals surface area contributed by atoms with Crippen molar-refractivity contribution < 1.29 is 23.8 Å². The summed E-state index contributed by atoms with van der Waals surface area (Å²) in [6.07, 6.45) is 0. The SMILES string of the molecule is COC(=O)C1=C(C)N=C(C)C(C(=O)OC)C1c1cccc(-c2nc(-c3ccc(Oc4ccccc4)cc3)cs2)c1. The van der Waals surface area contributed by atoms with E-state index in [0.717, 1.165) is 38.9 Å². The molecular weight excluding hydrogens is 524 g/mol. The Hall–Kier alpha value is -4.56. The predicted molar refractivity (Wildman–Crippen MR) is 156 cm³/mol. The van der Waals surface area contributed by atoms with Gasteiger partial charge in [0, 0.05) is 33.8 Å². The highest BCUT2D eigenvalue weighted by Gasteiger charge is 2.42. The molecule has 0 N–H and O–H groups in total. The Labute approximate surface area is 236 Å². The van der Waals surface area contributed by atoms with Gasteiger partial charge in [-0.05, 0) is 61.9 Å². The van der Waals surface area contributed by atoms with Crippen LogP contribution in [0.1, 0.15) is 25.3 Å². The molecule has 0 spiro atoms. The zero-order valence-electron chi connectivity index (χ0n) is 22.6. The van der Waals surface area contributed by atoms with Crippen LogP contribution < -0.4 is 4.74 Å². The van der Waals surface area contributed by atoms with Gasteiger partial charge in [0.05, 0.1) is 25.5 Å². The fourth-order valence-electron chi connectivity index (χ4n) is 4.93. The van der Waals surface area contributed by atoms with Crippen molar-refractivity contribution in [3.63, 3.8) is 0 Å². The van der Waals surface area contributed by atoms with Crippen LogP contribution in [-0.4, -0.2) is 36.9 Å². The number of methoxy groups -OCH3 is 2. The second kappa shape index (κ2) is 11.7. The van der Waals surface area contributed by atoms with E-state index in [0.29, 0.717) is 17.0 Å². The van der Waals surface area contributed by atoms with Crippen molar-refractivity contribution in [2.45, 2.75) is 19.8 Å². The summed E-state index contributed by atoms with van der Waals surface area (Å²) in [7, 11) is 2.66. The number of esters is 2. The van der Waals surface area contributed by atoms with Crippen LogP contribution in [-0.2, 0) is 19.1 Å². The maximum atomic E-state index is 12.9. The molecule has 1 aliphatic heterocycles. The number of benzene rings is 3. The second-order valence-corrected chi connectivity index (χ2v) is 10.2. The van der Waals surface area contributed by atoms with E-state index < -0.39 is 23.8 Å². The highest BCUT2D eigenvalue weighted by molar-refractivity contribution is 7.13. The van der Waals surface area contributed by atoms with Gasteiger partial charge in [0.25, 0.3) is 0 Å². The molecule has 8 heteroatoms. The summed E-state index contributed by atoms with van der Waals surface area (Å²) in [5.41, 5.74) is 4.92. The van der Waals surface area contributed by atoms with Crippen molar-refractivity contribution >= 4 is 29.0 Å². The minimum absolute atomic E-state index is 0.346. The summed E-state index contributed by atoms with van der Waals surface area (Å²) in [5.74, 6) is -0.804. The molecule has 7 nitrogen and oxygen atoms in total. The summed E-state index contributed by atoms with van der Waals surface area (Å²) in [4.78, 5) is 35.1. The lowest BCUT2D eigenvalue weighted by Crippen LogP contribution is -2.36. The zero-order valence-corrected chi connectivity index (χ0v) is 23.4. The molecule has 1 aliphatic rings. The molecule has 0 bridgehead atoms. The molecule has 3 aromatic carbocycles. The molecule has 2 atom stereocenters. The van der Waals surface area contributed by atoms with Crippen molar-refractivity contribution in [2.75, 3.05) is 14.2 Å². The highest BCUT2D eigenvalue weighted by Crippen LogP contribution is 2.41. The summed E-state index contributed by atoms with van der Waals surface area (Å²) >= 11 is 1.52. The molecule has 2 unspecified atom stereocenters. The maximum Gasteiger partial charge on any atom is 0.336 e. The third-order valence-electron chi connectivity index (χ3n) is 6.81. The molecule has 5 rings (SSSR count). The monoisotopic (exact) mass is 552 g/mol. The number of allylic oxidation sites excluding steroid dienone is 1. The molecule has 4 aromatic rings. The lowest BCUT2D eigenvalue weighted by Gasteiger charge is -2.31. The van der Waals surface area contributed by atoms with Gasteiger partial charge in [-0.25, -0.2) is 9.78 Å². The van der Waals surface area contributed by atoms with E-state index in [-0.39, 0.29) is 0 Å². The number of aliphatic imine (C=N–C) groups is 1. The van der Waals surface area contributed by atoms with Gasteiger partial charge in [-0.1, -0.05) is 36.4 Å². The number of aromatic nitrogens is 1. The Kier molecular flexibility index (Phi) is 7.89. The minimum Gasteiger partial charge on any atom is -0.468 e. The number of carbonyl (C=O) groups excluding carboxylic acids is 2. The third kappa shape index (κ3) is 5.44. The fourth-order valence-corrected chi connectivity index (χ4v) is 5.75. The van der Waals surface area contributed by atoms with Gasteiger partial charge in [-0.2, -0.15) is 0 Å². The van der Waals surface area contributed by atoms with Gasteiger partial charge in [-0.3, -0.25) is 9.79 Å². The quantitative estimate of drug-likeness (QED) is 0.228. The topological polar surface area (TPSA) is 87.1 Å². The molecule has 202 valence electrons. The standard InChI is InChI=1S/C32H28N2O5S/c1-19-27(31(35)37-3)29(28(20(2)33-19)32(36)38-4)22-9-8-10-23(17-22)30-34-26(18-40-30)21-13-15-25(16-14-21)39-24-11-6-5-7-12-24/h5-18,27,29H,1-4H3. The van der Waals surface area contributed by atoms with E-state index in [1.54, 1.807) is 13.8 Å². The van der Waals surface area contributed by atoms with Crippen LogP contribution in [0.5, 0.6) is 11.5 Å². The number of carbonyl (C=O) groups is 2. The van der Waals surface area contributed by atoms with Crippen LogP contribution in [0, 0.1) is 5.92 Å². The Morgan fingerprint density at radius 2 is 1.55 bits per heavy atom. The van der Waals surface area contributed by atoms with Crippen LogP contribution in [0.4, 0.5) is 0 Å². The molecular formula is C32H28N2O5S. The zero-order chi connectivity index (χ0) is 28.2. The van der Waals surface area contributed by atoms with Gasteiger partial charge < -0.3 is 14.2 Å². The maximum absolute atomic E-state index is 12.9. The first-order valence-electron chi connectivity index (χ1n) is 12.7. The van der Waals surface area contributed by atoms with E-state index in [2.05, 4.69) is 4.99 Å². The molecule has 1 aromatic heterocycles. The molecule has 0 fully saturated rings. The summed E-state index contributed by atoms with van der Waals surface area (Å²) in [6, 6.07) is 25.2. The first-order valence-corrected chi connectivity index (χ1v) is 13.6. The van der Waals surface area contributed by atoms with Gasteiger partial charge in [-0.15, -0.1) is 11.3 Å². The van der Waals surface area contributed by atoms with Crippen molar-refractivity contribution in [3.8, 4) is 33.3 Å². The number of nitrogens with zero attached hydrogens (tertiary/aromatic N) is 2. The Balaban J connectivity index is 1.45. The highest BCUT2D eigenvalue weighted by atomic mass is 32.1. The largest absolute Gasteiger partial charge is 0.468 e. The number of ether oxygens (including phenoxy) is 3. The Bertz CT molecular complexity index is 1610. The van der Waals surface area contributed by atoms with Crippen LogP contribution in [0.2, 0.25) is 0 Å². The van der Waals surface area contributed by atoms with Gasteiger partial charge in [0.1, 0.15) is 22.4 Å². The lowest BCUT2D eigenvalue weighted by atomic mass is 9.75. The molecule has 0 saturated heterocycles. The lowest BCUT2D eigenvalue weighted by molar-refractivity contribution is -0.143. The van der Waals surface area contributed by atoms with Gasteiger partial charge in [0.2, 0.25) is 0 Å². The Morgan fingerprint density at radius 3 is 2.25 bits per heavy atom. The molecule has 0 amide bonds. The molecule has 0 aliphatic carbocycles. The van der Waals surface area contributed by atoms with E-state index in [9.17, 15) is 9.59 Å². The normalized spacial score (nSPS) is 16.8. The van der Waals surface area contributed by atoms with Crippen LogP contribution >= 0.6 is 11.3 Å². The van der Waals surface area contributed by atoms with Crippen molar-refractivity contribution in [1.82, 2.24) is 4.98 Å². The van der Waals surface area contributed by atoms with Crippen molar-refractivity contribution in [1.29, 1.82) is 0 Å². The van der Waals surface area contributed by atoms with E-state index in [1.165, 1.54) is 25.6 Å². The van der Waals surface area contributed by atoms with E-state index in [1.807, 2.05) is 84.2 Å². The fraction of sp³-hybridized carbons (Fsp3) is 0.188. The van der Waals surface area contributed by atoms with E-state index >= 15 is 0 Å².